The highest BCUT2D eigenvalue weighted by Gasteiger charge is 2.07. The maximum atomic E-state index is 10.0. The van der Waals surface area contributed by atoms with Crippen molar-refractivity contribution in [2.24, 2.45) is 4.99 Å². The molecule has 2 aromatic carbocycles. The van der Waals surface area contributed by atoms with Crippen molar-refractivity contribution in [3.8, 4) is 23.0 Å². The van der Waals surface area contributed by atoms with Gasteiger partial charge in [-0.3, -0.25) is 4.99 Å². The fraction of sp³-hybridized carbons (Fsp3) is 0.235. The molecule has 0 unspecified atom stereocenters. The number of phenols is 1. The lowest BCUT2D eigenvalue weighted by atomic mass is 10.2. The molecule has 0 radical (unpaired) electrons. The second-order valence-corrected chi connectivity index (χ2v) is 5.56. The highest BCUT2D eigenvalue weighted by molar-refractivity contribution is 9.10. The van der Waals surface area contributed by atoms with Crippen LogP contribution in [0.15, 0.2) is 39.8 Å². The molecule has 2 aromatic rings. The van der Waals surface area contributed by atoms with E-state index in [1.165, 1.54) is 0 Å². The van der Waals surface area contributed by atoms with Crippen LogP contribution in [0, 0.1) is 0 Å². The van der Waals surface area contributed by atoms with Gasteiger partial charge >= 0.3 is 0 Å². The van der Waals surface area contributed by atoms with Gasteiger partial charge in [-0.05, 0) is 45.8 Å². The van der Waals surface area contributed by atoms with Gasteiger partial charge < -0.3 is 19.3 Å². The SMILES string of the molecule is COc1cc(Br)c(O)c(C=NCc2ccc(OC)c(OC)c2)c1. The van der Waals surface area contributed by atoms with Crippen molar-refractivity contribution >= 4 is 22.1 Å². The highest BCUT2D eigenvalue weighted by Crippen LogP contribution is 2.32. The standard InChI is InChI=1S/C17H18BrNO4/c1-21-13-7-12(17(20)14(18)8-13)10-19-9-11-4-5-15(22-2)16(6-11)23-3/h4-8,10,20H,9H2,1-3H3. The third-order valence-electron chi connectivity index (χ3n) is 3.25. The monoisotopic (exact) mass is 379 g/mol. The second-order valence-electron chi connectivity index (χ2n) is 4.71. The molecule has 2 rings (SSSR count). The van der Waals surface area contributed by atoms with E-state index >= 15 is 0 Å². The molecule has 0 aromatic heterocycles. The molecular formula is C17H18BrNO4. The summed E-state index contributed by atoms with van der Waals surface area (Å²) in [6.45, 7) is 0.453. The molecule has 0 aliphatic rings. The molecule has 0 aliphatic heterocycles. The first-order valence-corrected chi connectivity index (χ1v) is 7.65. The summed E-state index contributed by atoms with van der Waals surface area (Å²) in [5.41, 5.74) is 1.55. The van der Waals surface area contributed by atoms with Gasteiger partial charge in [0.1, 0.15) is 11.5 Å². The maximum absolute atomic E-state index is 10.0. The van der Waals surface area contributed by atoms with E-state index in [1.807, 2.05) is 18.2 Å². The molecule has 5 nitrogen and oxygen atoms in total. The summed E-state index contributed by atoms with van der Waals surface area (Å²) in [5.74, 6) is 2.10. The Morgan fingerprint density at radius 3 is 2.43 bits per heavy atom. The van der Waals surface area contributed by atoms with E-state index in [-0.39, 0.29) is 5.75 Å². The van der Waals surface area contributed by atoms with Crippen molar-refractivity contribution in [2.75, 3.05) is 21.3 Å². The van der Waals surface area contributed by atoms with E-state index in [4.69, 9.17) is 14.2 Å². The van der Waals surface area contributed by atoms with Gasteiger partial charge in [0, 0.05) is 11.8 Å². The van der Waals surface area contributed by atoms with Crippen molar-refractivity contribution in [3.63, 3.8) is 0 Å². The summed E-state index contributed by atoms with van der Waals surface area (Å²) < 4.78 is 16.2. The van der Waals surface area contributed by atoms with Gasteiger partial charge in [-0.1, -0.05) is 6.07 Å². The molecule has 0 fully saturated rings. The molecule has 0 aliphatic carbocycles. The lowest BCUT2D eigenvalue weighted by Gasteiger charge is -2.08. The van der Waals surface area contributed by atoms with Gasteiger partial charge in [0.15, 0.2) is 11.5 Å². The van der Waals surface area contributed by atoms with Gasteiger partial charge in [-0.25, -0.2) is 0 Å². The summed E-state index contributed by atoms with van der Waals surface area (Å²) in [4.78, 5) is 4.36. The number of halogens is 1. The number of aromatic hydroxyl groups is 1. The highest BCUT2D eigenvalue weighted by atomic mass is 79.9. The van der Waals surface area contributed by atoms with Crippen LogP contribution in [0.4, 0.5) is 0 Å². The lowest BCUT2D eigenvalue weighted by molar-refractivity contribution is 0.354. The number of nitrogens with zero attached hydrogens (tertiary/aromatic N) is 1. The molecule has 0 bridgehead atoms. The van der Waals surface area contributed by atoms with Crippen molar-refractivity contribution in [2.45, 2.75) is 6.54 Å². The smallest absolute Gasteiger partial charge is 0.161 e. The molecule has 23 heavy (non-hydrogen) atoms. The number of benzene rings is 2. The summed E-state index contributed by atoms with van der Waals surface area (Å²) in [5, 5.41) is 10.0. The molecule has 0 amide bonds. The molecule has 6 heteroatoms. The fourth-order valence-corrected chi connectivity index (χ4v) is 2.49. The average molecular weight is 380 g/mol. The Kier molecular flexibility index (Phi) is 5.87. The molecular weight excluding hydrogens is 362 g/mol. The van der Waals surface area contributed by atoms with Crippen LogP contribution in [0.1, 0.15) is 11.1 Å². The zero-order chi connectivity index (χ0) is 16.8. The van der Waals surface area contributed by atoms with E-state index < -0.39 is 0 Å². The van der Waals surface area contributed by atoms with Gasteiger partial charge in [0.2, 0.25) is 0 Å². The zero-order valence-electron chi connectivity index (χ0n) is 13.2. The van der Waals surface area contributed by atoms with Gasteiger partial charge in [0.05, 0.1) is 32.3 Å². The molecule has 0 atom stereocenters. The largest absolute Gasteiger partial charge is 0.506 e. The molecule has 0 heterocycles. The summed E-state index contributed by atoms with van der Waals surface area (Å²) in [6, 6.07) is 9.04. The van der Waals surface area contributed by atoms with Crippen molar-refractivity contribution in [1.82, 2.24) is 0 Å². The van der Waals surface area contributed by atoms with Crippen LogP contribution in [0.2, 0.25) is 0 Å². The van der Waals surface area contributed by atoms with Crippen LogP contribution < -0.4 is 14.2 Å². The third kappa shape index (κ3) is 4.16. The van der Waals surface area contributed by atoms with Crippen molar-refractivity contribution < 1.29 is 19.3 Å². The van der Waals surface area contributed by atoms with E-state index in [2.05, 4.69) is 20.9 Å². The summed E-state index contributed by atoms with van der Waals surface area (Å²) in [6.07, 6.45) is 1.61. The second kappa shape index (κ2) is 7.87. The first-order valence-electron chi connectivity index (χ1n) is 6.86. The number of hydrogen-bond acceptors (Lipinski definition) is 5. The quantitative estimate of drug-likeness (QED) is 0.775. The first kappa shape index (κ1) is 17.1. The normalized spacial score (nSPS) is 10.8. The lowest BCUT2D eigenvalue weighted by Crippen LogP contribution is -1.93. The number of rotatable bonds is 6. The van der Waals surface area contributed by atoms with Crippen LogP contribution in [-0.2, 0) is 6.54 Å². The van der Waals surface area contributed by atoms with Gasteiger partial charge in [-0.2, -0.15) is 0 Å². The van der Waals surface area contributed by atoms with E-state index in [9.17, 15) is 5.11 Å². The fourth-order valence-electron chi connectivity index (χ4n) is 2.04. The van der Waals surface area contributed by atoms with E-state index in [0.29, 0.717) is 33.8 Å². The van der Waals surface area contributed by atoms with E-state index in [0.717, 1.165) is 5.56 Å². The average Bonchev–Trinajstić information content (AvgIpc) is 2.58. The van der Waals surface area contributed by atoms with Crippen LogP contribution in [-0.4, -0.2) is 32.7 Å². The third-order valence-corrected chi connectivity index (χ3v) is 3.86. The predicted octanol–water partition coefficient (Wildman–Crippen LogP) is 3.80. The molecule has 1 N–H and O–H groups in total. The van der Waals surface area contributed by atoms with Crippen LogP contribution in [0.25, 0.3) is 0 Å². The molecule has 122 valence electrons. The van der Waals surface area contributed by atoms with Gasteiger partial charge in [0.25, 0.3) is 0 Å². The van der Waals surface area contributed by atoms with Crippen LogP contribution >= 0.6 is 15.9 Å². The Morgan fingerprint density at radius 2 is 1.78 bits per heavy atom. The molecule has 0 saturated carbocycles. The minimum absolute atomic E-state index is 0.127. The zero-order valence-corrected chi connectivity index (χ0v) is 14.8. The van der Waals surface area contributed by atoms with Gasteiger partial charge in [-0.15, -0.1) is 0 Å². The number of hydrogen-bond donors (Lipinski definition) is 1. The minimum atomic E-state index is 0.127. The number of ether oxygens (including phenoxy) is 3. The van der Waals surface area contributed by atoms with Crippen LogP contribution in [0.3, 0.4) is 0 Å². The summed E-state index contributed by atoms with van der Waals surface area (Å²) in [7, 11) is 4.76. The van der Waals surface area contributed by atoms with Crippen LogP contribution in [0.5, 0.6) is 23.0 Å². The van der Waals surface area contributed by atoms with E-state index in [1.54, 1.807) is 39.7 Å². The Bertz CT molecular complexity index is 716. The Hall–Kier alpha value is -2.21. The number of phenolic OH excluding ortho intramolecular Hbond substituents is 1. The Labute approximate surface area is 143 Å². The number of aliphatic imine (C=N–C) groups is 1. The first-order chi connectivity index (χ1) is 11.1. The molecule has 0 spiro atoms. The van der Waals surface area contributed by atoms with Crippen molar-refractivity contribution in [3.05, 3.63) is 45.9 Å². The summed E-state index contributed by atoms with van der Waals surface area (Å²) >= 11 is 3.29. The predicted molar refractivity (Wildman–Crippen MR) is 93.2 cm³/mol. The number of methoxy groups -OCH3 is 3. The van der Waals surface area contributed by atoms with Crippen molar-refractivity contribution in [1.29, 1.82) is 0 Å². The Morgan fingerprint density at radius 1 is 1.04 bits per heavy atom. The topological polar surface area (TPSA) is 60.3 Å². The minimum Gasteiger partial charge on any atom is -0.506 e. The molecule has 0 saturated heterocycles. The Balaban J connectivity index is 2.17. The maximum Gasteiger partial charge on any atom is 0.161 e.